The van der Waals surface area contributed by atoms with Gasteiger partial charge in [-0.1, -0.05) is 47.5 Å². The van der Waals surface area contributed by atoms with Crippen molar-refractivity contribution in [3.63, 3.8) is 0 Å². The van der Waals surface area contributed by atoms with Gasteiger partial charge in [0.15, 0.2) is 5.78 Å². The van der Waals surface area contributed by atoms with Crippen molar-refractivity contribution in [3.8, 4) is 0 Å². The molecule has 1 heterocycles. The molecular formula is C20H20Cl2N2O3. The Morgan fingerprint density at radius 3 is 2.07 bits per heavy atom. The number of Topliss-reactive ketones (excluding diaryl/α,β-unsaturated/α-hetero) is 1. The van der Waals surface area contributed by atoms with Crippen molar-refractivity contribution < 1.29 is 14.7 Å². The third kappa shape index (κ3) is 4.61. The summed E-state index contributed by atoms with van der Waals surface area (Å²) in [5, 5.41) is 13.1. The van der Waals surface area contributed by atoms with Crippen molar-refractivity contribution in [2.75, 3.05) is 19.7 Å². The molecule has 1 aliphatic heterocycles. The van der Waals surface area contributed by atoms with Gasteiger partial charge in [-0.15, -0.1) is 0 Å². The molecule has 0 saturated carbocycles. The minimum atomic E-state index is -0.577. The minimum absolute atomic E-state index is 0.0586. The lowest BCUT2D eigenvalue weighted by molar-refractivity contribution is -0.122. The number of amides is 2. The number of ketones is 1. The molecule has 27 heavy (non-hydrogen) atoms. The van der Waals surface area contributed by atoms with Crippen LogP contribution >= 0.6 is 23.2 Å². The second-order valence-corrected chi connectivity index (χ2v) is 7.32. The number of hydrogen-bond acceptors (Lipinski definition) is 3. The first kappa shape index (κ1) is 19.7. The first-order chi connectivity index (χ1) is 13.0. The van der Waals surface area contributed by atoms with Crippen LogP contribution in [0.25, 0.3) is 0 Å². The van der Waals surface area contributed by atoms with Gasteiger partial charge in [0, 0.05) is 35.5 Å². The van der Waals surface area contributed by atoms with Gasteiger partial charge in [-0.2, -0.15) is 0 Å². The zero-order valence-electron chi connectivity index (χ0n) is 14.6. The number of benzene rings is 2. The van der Waals surface area contributed by atoms with E-state index in [-0.39, 0.29) is 43.8 Å². The summed E-state index contributed by atoms with van der Waals surface area (Å²) in [6.07, 6.45) is 0.227. The number of carbonyl (C=O) groups is 2. The SMILES string of the molecule is O=C(CC(c1ccc(Cl)cc1)c1ccc(Cl)cc1)C1CNC(=O)N1CCO. The molecule has 0 spiro atoms. The fourth-order valence-electron chi connectivity index (χ4n) is 3.35. The maximum atomic E-state index is 13.0. The molecule has 2 aromatic carbocycles. The fourth-order valence-corrected chi connectivity index (χ4v) is 3.60. The number of nitrogens with one attached hydrogen (secondary N) is 1. The van der Waals surface area contributed by atoms with E-state index >= 15 is 0 Å². The van der Waals surface area contributed by atoms with Crippen LogP contribution in [-0.2, 0) is 4.79 Å². The summed E-state index contributed by atoms with van der Waals surface area (Å²) < 4.78 is 0. The molecule has 7 heteroatoms. The van der Waals surface area contributed by atoms with Gasteiger partial charge in [0.2, 0.25) is 0 Å². The van der Waals surface area contributed by atoms with Crippen LogP contribution in [0.2, 0.25) is 10.0 Å². The van der Waals surface area contributed by atoms with Crippen LogP contribution in [-0.4, -0.2) is 47.6 Å². The summed E-state index contributed by atoms with van der Waals surface area (Å²) in [7, 11) is 0. The van der Waals surface area contributed by atoms with E-state index in [2.05, 4.69) is 5.32 Å². The first-order valence-electron chi connectivity index (χ1n) is 8.68. The molecule has 5 nitrogen and oxygen atoms in total. The first-order valence-corrected chi connectivity index (χ1v) is 9.44. The fraction of sp³-hybridized carbons (Fsp3) is 0.300. The molecule has 1 atom stereocenters. The van der Waals surface area contributed by atoms with Crippen LogP contribution in [0.3, 0.4) is 0 Å². The third-order valence-electron chi connectivity index (χ3n) is 4.75. The maximum absolute atomic E-state index is 13.0. The van der Waals surface area contributed by atoms with Crippen LogP contribution in [0.1, 0.15) is 23.5 Å². The van der Waals surface area contributed by atoms with E-state index in [4.69, 9.17) is 23.2 Å². The largest absolute Gasteiger partial charge is 0.395 e. The highest BCUT2D eigenvalue weighted by Crippen LogP contribution is 2.31. The molecule has 1 saturated heterocycles. The predicted molar refractivity (Wildman–Crippen MR) is 105 cm³/mol. The molecule has 0 aromatic heterocycles. The number of hydrogen-bond donors (Lipinski definition) is 2. The summed E-state index contributed by atoms with van der Waals surface area (Å²) >= 11 is 12.0. The van der Waals surface area contributed by atoms with Crippen LogP contribution in [0.5, 0.6) is 0 Å². The van der Waals surface area contributed by atoms with Gasteiger partial charge in [-0.25, -0.2) is 4.79 Å². The van der Waals surface area contributed by atoms with Crippen LogP contribution in [0, 0.1) is 0 Å². The molecule has 2 N–H and O–H groups in total. The molecule has 0 aliphatic carbocycles. The quantitative estimate of drug-likeness (QED) is 0.739. The smallest absolute Gasteiger partial charge is 0.318 e. The second kappa shape index (κ2) is 8.74. The van der Waals surface area contributed by atoms with E-state index in [9.17, 15) is 14.7 Å². The number of halogens is 2. The number of aliphatic hydroxyl groups excluding tert-OH is 1. The standard InChI is InChI=1S/C20H20Cl2N2O3/c21-15-5-1-13(2-6-15)17(14-3-7-16(22)8-4-14)11-19(26)18-12-23-20(27)24(18)9-10-25/h1-8,17-18,25H,9-12H2,(H,23,27). The number of aliphatic hydroxyl groups is 1. The zero-order valence-corrected chi connectivity index (χ0v) is 16.1. The Morgan fingerprint density at radius 1 is 1.07 bits per heavy atom. The van der Waals surface area contributed by atoms with Gasteiger partial charge in [-0.3, -0.25) is 4.79 Å². The molecule has 0 bridgehead atoms. The van der Waals surface area contributed by atoms with Crippen LogP contribution in [0.4, 0.5) is 4.79 Å². The molecule has 142 valence electrons. The number of carbonyl (C=O) groups excluding carboxylic acids is 2. The summed E-state index contributed by atoms with van der Waals surface area (Å²) in [6, 6.07) is 13.9. The van der Waals surface area contributed by atoms with Gasteiger partial charge >= 0.3 is 6.03 Å². The molecular weight excluding hydrogens is 387 g/mol. The van der Waals surface area contributed by atoms with Crippen molar-refractivity contribution in [2.24, 2.45) is 0 Å². The van der Waals surface area contributed by atoms with Gasteiger partial charge in [0.05, 0.1) is 6.61 Å². The molecule has 0 radical (unpaired) electrons. The number of rotatable bonds is 7. The van der Waals surface area contributed by atoms with Gasteiger partial charge in [0.25, 0.3) is 0 Å². The third-order valence-corrected chi connectivity index (χ3v) is 5.25. The summed E-state index contributed by atoms with van der Waals surface area (Å²) in [4.78, 5) is 26.3. The summed E-state index contributed by atoms with van der Waals surface area (Å²) in [5.41, 5.74) is 1.92. The van der Waals surface area contributed by atoms with Crippen molar-refractivity contribution >= 4 is 35.0 Å². The van der Waals surface area contributed by atoms with Crippen LogP contribution < -0.4 is 5.32 Å². The van der Waals surface area contributed by atoms with E-state index in [1.165, 1.54) is 4.90 Å². The Hall–Kier alpha value is -2.08. The Morgan fingerprint density at radius 2 is 1.59 bits per heavy atom. The van der Waals surface area contributed by atoms with Crippen LogP contribution in [0.15, 0.2) is 48.5 Å². The lowest BCUT2D eigenvalue weighted by atomic mass is 9.85. The van der Waals surface area contributed by atoms with E-state index in [0.29, 0.717) is 10.0 Å². The predicted octanol–water partition coefficient (Wildman–Crippen LogP) is 3.47. The monoisotopic (exact) mass is 406 g/mol. The molecule has 1 unspecified atom stereocenters. The second-order valence-electron chi connectivity index (χ2n) is 6.44. The molecule has 3 rings (SSSR count). The van der Waals surface area contributed by atoms with Gasteiger partial charge < -0.3 is 15.3 Å². The molecule has 2 amide bonds. The Kier molecular flexibility index (Phi) is 6.37. The number of nitrogens with zero attached hydrogens (tertiary/aromatic N) is 1. The lowest BCUT2D eigenvalue weighted by Gasteiger charge is -2.24. The van der Waals surface area contributed by atoms with Crippen molar-refractivity contribution in [2.45, 2.75) is 18.4 Å². The maximum Gasteiger partial charge on any atom is 0.318 e. The molecule has 1 aliphatic rings. The van der Waals surface area contributed by atoms with Crippen molar-refractivity contribution in [3.05, 3.63) is 69.7 Å². The average Bonchev–Trinajstić information content (AvgIpc) is 3.02. The average molecular weight is 407 g/mol. The topological polar surface area (TPSA) is 69.6 Å². The van der Waals surface area contributed by atoms with Gasteiger partial charge in [-0.05, 0) is 35.4 Å². The minimum Gasteiger partial charge on any atom is -0.395 e. The highest BCUT2D eigenvalue weighted by Gasteiger charge is 2.36. The van der Waals surface area contributed by atoms with Crippen molar-refractivity contribution in [1.82, 2.24) is 10.2 Å². The van der Waals surface area contributed by atoms with Gasteiger partial charge in [0.1, 0.15) is 6.04 Å². The zero-order chi connectivity index (χ0) is 19.4. The van der Waals surface area contributed by atoms with E-state index in [1.54, 1.807) is 24.3 Å². The normalized spacial score (nSPS) is 16.7. The highest BCUT2D eigenvalue weighted by atomic mass is 35.5. The van der Waals surface area contributed by atoms with E-state index in [0.717, 1.165) is 11.1 Å². The lowest BCUT2D eigenvalue weighted by Crippen LogP contribution is -2.41. The summed E-state index contributed by atoms with van der Waals surface area (Å²) in [5.74, 6) is -0.240. The van der Waals surface area contributed by atoms with E-state index < -0.39 is 6.04 Å². The number of β-amino-alcohol motifs (C(OH)–C–C–N with tert-alkyl or cyclic N) is 1. The Labute approximate surface area is 167 Å². The van der Waals surface area contributed by atoms with E-state index in [1.807, 2.05) is 24.3 Å². The van der Waals surface area contributed by atoms with Crippen molar-refractivity contribution in [1.29, 1.82) is 0 Å². The Bertz CT molecular complexity index is 763. The molecule has 1 fully saturated rings. The number of urea groups is 1. The molecule has 2 aromatic rings. The highest BCUT2D eigenvalue weighted by molar-refractivity contribution is 6.30. The Balaban J connectivity index is 1.87. The summed E-state index contributed by atoms with van der Waals surface area (Å²) in [6.45, 7) is 0.204.